The Labute approximate surface area is 181 Å². The maximum absolute atomic E-state index is 13.1. The third-order valence-corrected chi connectivity index (χ3v) is 7.85. The fourth-order valence-electron chi connectivity index (χ4n) is 6.80. The summed E-state index contributed by atoms with van der Waals surface area (Å²) in [4.78, 5) is 24.4. The number of amides is 1. The molecule has 0 spiro atoms. The zero-order valence-corrected chi connectivity index (χ0v) is 18.4. The van der Waals surface area contributed by atoms with E-state index in [2.05, 4.69) is 15.5 Å². The smallest absolute Gasteiger partial charge is 0.320 e. The molecule has 9 heteroatoms. The van der Waals surface area contributed by atoms with Gasteiger partial charge in [-0.1, -0.05) is 0 Å². The third kappa shape index (κ3) is 3.25. The maximum atomic E-state index is 13.1. The molecule has 31 heavy (non-hydrogen) atoms. The quantitative estimate of drug-likeness (QED) is 0.559. The van der Waals surface area contributed by atoms with E-state index in [4.69, 9.17) is 0 Å². The molecule has 2 aromatic rings. The lowest BCUT2D eigenvalue weighted by atomic mass is 9.53. The molecule has 4 aliphatic rings. The van der Waals surface area contributed by atoms with Gasteiger partial charge in [0.25, 0.3) is 5.91 Å². The number of hydrogen-bond acceptors (Lipinski definition) is 5. The van der Waals surface area contributed by atoms with E-state index in [9.17, 15) is 14.9 Å². The van der Waals surface area contributed by atoms with Gasteiger partial charge in [0.1, 0.15) is 6.20 Å². The lowest BCUT2D eigenvalue weighted by molar-refractivity contribution is -0.385. The van der Waals surface area contributed by atoms with Crippen LogP contribution in [0, 0.1) is 34.8 Å². The highest BCUT2D eigenvalue weighted by Crippen LogP contribution is 2.58. The van der Waals surface area contributed by atoms with Crippen molar-refractivity contribution < 1.29 is 9.72 Å². The molecule has 4 fully saturated rings. The number of nitro groups is 1. The number of rotatable bonds is 6. The zero-order valence-electron chi connectivity index (χ0n) is 18.4. The van der Waals surface area contributed by atoms with Crippen LogP contribution in [-0.2, 0) is 12.1 Å². The van der Waals surface area contributed by atoms with Crippen LogP contribution in [0.25, 0.3) is 0 Å². The monoisotopic (exact) mass is 426 g/mol. The minimum atomic E-state index is -0.508. The summed E-state index contributed by atoms with van der Waals surface area (Å²) in [6.07, 6.45) is 10.1. The average molecular weight is 427 g/mol. The summed E-state index contributed by atoms with van der Waals surface area (Å²) in [5, 5.41) is 23.6. The van der Waals surface area contributed by atoms with Crippen molar-refractivity contribution in [1.82, 2.24) is 24.9 Å². The van der Waals surface area contributed by atoms with Crippen molar-refractivity contribution in [3.05, 3.63) is 39.5 Å². The van der Waals surface area contributed by atoms with Crippen LogP contribution < -0.4 is 5.32 Å². The predicted octanol–water partition coefficient (Wildman–Crippen LogP) is 3.73. The Morgan fingerprint density at radius 2 is 1.90 bits per heavy atom. The average Bonchev–Trinajstić information content (AvgIpc) is 3.31. The second-order valence-electron chi connectivity index (χ2n) is 9.90. The summed E-state index contributed by atoms with van der Waals surface area (Å²) in [5.74, 6) is 1.55. The molecule has 1 amide bonds. The van der Waals surface area contributed by atoms with Gasteiger partial charge in [0, 0.05) is 17.8 Å². The first-order valence-electron chi connectivity index (χ1n) is 11.4. The Bertz CT molecular complexity index is 1000. The van der Waals surface area contributed by atoms with Crippen LogP contribution in [-0.4, -0.2) is 30.4 Å². The standard InChI is InChI=1S/C22H30N6O3/c1-4-26-14(3)18(11-23-26)13(2)24-21(29)20-19(28(30)31)12-27(25-20)22-8-15-5-16(9-22)7-17(6-15)10-22/h11-13,15-17H,4-10H2,1-3H3,(H,24,29). The SMILES string of the molecule is CCn1ncc(C(C)NC(=O)c2nn(C34CC5CC(CC(C5)C3)C4)cc2[N+](=O)[O-])c1C. The topological polar surface area (TPSA) is 108 Å². The minimum absolute atomic E-state index is 0.0897. The molecule has 9 nitrogen and oxygen atoms in total. The van der Waals surface area contributed by atoms with E-state index in [1.165, 1.54) is 25.5 Å². The second kappa shape index (κ2) is 7.17. The highest BCUT2D eigenvalue weighted by atomic mass is 16.6. The Morgan fingerprint density at radius 1 is 1.29 bits per heavy atom. The van der Waals surface area contributed by atoms with Crippen molar-refractivity contribution in [2.45, 2.75) is 77.4 Å². The normalized spacial score (nSPS) is 29.8. The van der Waals surface area contributed by atoms with Gasteiger partial charge in [0.05, 0.1) is 22.7 Å². The number of hydrogen-bond donors (Lipinski definition) is 1. The summed E-state index contributed by atoms with van der Waals surface area (Å²) >= 11 is 0. The number of nitrogens with zero attached hydrogens (tertiary/aromatic N) is 5. The molecule has 6 rings (SSSR count). The van der Waals surface area contributed by atoms with E-state index in [1.807, 2.05) is 25.5 Å². The van der Waals surface area contributed by atoms with Gasteiger partial charge >= 0.3 is 5.69 Å². The molecule has 0 radical (unpaired) electrons. The van der Waals surface area contributed by atoms with Crippen LogP contribution in [0.3, 0.4) is 0 Å². The first-order valence-corrected chi connectivity index (χ1v) is 11.4. The van der Waals surface area contributed by atoms with Crippen LogP contribution >= 0.6 is 0 Å². The van der Waals surface area contributed by atoms with Crippen LogP contribution in [0.4, 0.5) is 5.69 Å². The van der Waals surface area contributed by atoms with Gasteiger partial charge in [-0.25, -0.2) is 0 Å². The molecule has 2 aromatic heterocycles. The molecule has 1 unspecified atom stereocenters. The van der Waals surface area contributed by atoms with Crippen molar-refractivity contribution >= 4 is 11.6 Å². The van der Waals surface area contributed by atoms with E-state index in [0.717, 1.165) is 37.1 Å². The largest absolute Gasteiger partial charge is 0.344 e. The molecule has 0 aromatic carbocycles. The van der Waals surface area contributed by atoms with Gasteiger partial charge < -0.3 is 5.32 Å². The molecule has 1 N–H and O–H groups in total. The Morgan fingerprint density at radius 3 is 2.42 bits per heavy atom. The van der Waals surface area contributed by atoms with E-state index < -0.39 is 10.8 Å². The number of carbonyl (C=O) groups is 1. The van der Waals surface area contributed by atoms with Crippen LogP contribution in [0.5, 0.6) is 0 Å². The fraction of sp³-hybridized carbons (Fsp3) is 0.682. The fourth-order valence-corrected chi connectivity index (χ4v) is 6.80. The van der Waals surface area contributed by atoms with Crippen molar-refractivity contribution in [2.75, 3.05) is 0 Å². The van der Waals surface area contributed by atoms with Gasteiger partial charge in [-0.05, 0) is 77.0 Å². The Hall–Kier alpha value is -2.71. The second-order valence-corrected chi connectivity index (χ2v) is 9.90. The first-order chi connectivity index (χ1) is 14.8. The van der Waals surface area contributed by atoms with E-state index in [0.29, 0.717) is 17.8 Å². The van der Waals surface area contributed by atoms with Gasteiger partial charge in [-0.2, -0.15) is 10.2 Å². The van der Waals surface area contributed by atoms with E-state index in [-0.39, 0.29) is 23.0 Å². The number of carbonyl (C=O) groups excluding carboxylic acids is 1. The zero-order chi connectivity index (χ0) is 21.9. The van der Waals surface area contributed by atoms with Crippen molar-refractivity contribution in [2.24, 2.45) is 17.8 Å². The van der Waals surface area contributed by atoms with Crippen LogP contribution in [0.1, 0.15) is 80.2 Å². The van der Waals surface area contributed by atoms with Crippen molar-refractivity contribution in [3.8, 4) is 0 Å². The summed E-state index contributed by atoms with van der Waals surface area (Å²) in [6.45, 7) is 6.57. The van der Waals surface area contributed by atoms with E-state index >= 15 is 0 Å². The van der Waals surface area contributed by atoms with Gasteiger partial charge in [-0.15, -0.1) is 0 Å². The number of aromatic nitrogens is 4. The summed E-state index contributed by atoms with van der Waals surface area (Å²) in [5.41, 5.74) is 1.42. The molecular formula is C22H30N6O3. The highest BCUT2D eigenvalue weighted by Gasteiger charge is 2.53. The van der Waals surface area contributed by atoms with Crippen LogP contribution in [0.15, 0.2) is 12.4 Å². The van der Waals surface area contributed by atoms with E-state index in [1.54, 1.807) is 10.9 Å². The number of nitrogens with one attached hydrogen (secondary N) is 1. The molecule has 0 saturated heterocycles. The van der Waals surface area contributed by atoms with Crippen LogP contribution in [0.2, 0.25) is 0 Å². The molecular weight excluding hydrogens is 396 g/mol. The molecule has 2 heterocycles. The molecule has 4 saturated carbocycles. The summed E-state index contributed by atoms with van der Waals surface area (Å²) in [7, 11) is 0. The number of aryl methyl sites for hydroxylation is 1. The lowest BCUT2D eigenvalue weighted by Crippen LogP contribution is -2.52. The van der Waals surface area contributed by atoms with Gasteiger partial charge in [-0.3, -0.25) is 24.3 Å². The Balaban J connectivity index is 1.43. The molecule has 4 bridgehead atoms. The third-order valence-electron chi connectivity index (χ3n) is 7.85. The highest BCUT2D eigenvalue weighted by molar-refractivity contribution is 5.96. The lowest BCUT2D eigenvalue weighted by Gasteiger charge is -2.56. The minimum Gasteiger partial charge on any atom is -0.344 e. The van der Waals surface area contributed by atoms with Crippen molar-refractivity contribution in [3.63, 3.8) is 0 Å². The van der Waals surface area contributed by atoms with Gasteiger partial charge in [0.15, 0.2) is 0 Å². The Kier molecular flexibility index (Phi) is 4.67. The molecule has 0 aliphatic heterocycles. The van der Waals surface area contributed by atoms with Crippen molar-refractivity contribution in [1.29, 1.82) is 0 Å². The maximum Gasteiger partial charge on any atom is 0.320 e. The molecule has 1 atom stereocenters. The van der Waals surface area contributed by atoms with Gasteiger partial charge in [0.2, 0.25) is 5.69 Å². The predicted molar refractivity (Wildman–Crippen MR) is 114 cm³/mol. The first kappa shape index (κ1) is 20.2. The summed E-state index contributed by atoms with van der Waals surface area (Å²) in [6, 6.07) is -0.322. The molecule has 166 valence electrons. The summed E-state index contributed by atoms with van der Waals surface area (Å²) < 4.78 is 3.65. The molecule has 4 aliphatic carbocycles.